The summed E-state index contributed by atoms with van der Waals surface area (Å²) in [6.45, 7) is 13.2. The van der Waals surface area contributed by atoms with E-state index in [0.29, 0.717) is 0 Å². The van der Waals surface area contributed by atoms with Gasteiger partial charge in [0.25, 0.3) is 0 Å². The second-order valence-corrected chi connectivity index (χ2v) is 10.4. The average molecular weight is 811 g/mol. The largest absolute Gasteiger partial charge is 3.00 e. The molecule has 0 aromatic heterocycles. The van der Waals surface area contributed by atoms with Gasteiger partial charge in [0.2, 0.25) is 0 Å². The Hall–Kier alpha value is -4.41. The van der Waals surface area contributed by atoms with Gasteiger partial charge in [-0.2, -0.15) is 75.4 Å². The molecule has 0 aliphatic rings. The summed E-state index contributed by atoms with van der Waals surface area (Å²) in [6.07, 6.45) is -1.22. The minimum Gasteiger partial charge on any atom is -0.693 e. The summed E-state index contributed by atoms with van der Waals surface area (Å²) in [7, 11) is 0. The molecule has 0 saturated carbocycles. The van der Waals surface area contributed by atoms with Crippen LogP contribution in [0.5, 0.6) is 0 Å². The first-order chi connectivity index (χ1) is 23.7. The third-order valence-corrected chi connectivity index (χ3v) is 7.41. The molecule has 0 fully saturated rings. The van der Waals surface area contributed by atoms with Gasteiger partial charge in [0.15, 0.2) is 0 Å². The predicted octanol–water partition coefficient (Wildman–Crippen LogP) is 8.85. The SMILES string of the molecule is Cc1ccc[cH-]1.Cc1ccc[cH-]1.[C-]#[O+].[C-]#[O+].[Fe+2].[Fe].[Mn+3].[N-]=O.[NH2-].c1cc[cH-]c1.c1ccc([B-](c2ccccc2)(c2ccccc2)c2ccccc2)cc1. The molecule has 2 N–H and O–H groups in total. The minimum absolute atomic E-state index is 0. The summed E-state index contributed by atoms with van der Waals surface area (Å²) in [5.41, 5.74) is 13.8. The Balaban J connectivity index is -0.000000351. The number of hydrogen-bond donors (Lipinski definition) is 0. The third kappa shape index (κ3) is 18.2. The smallest absolute Gasteiger partial charge is 0.693 e. The van der Waals surface area contributed by atoms with E-state index in [4.69, 9.17) is 19.8 Å². The predicted molar refractivity (Wildman–Crippen MR) is 206 cm³/mol. The van der Waals surface area contributed by atoms with Crippen LogP contribution in [0.1, 0.15) is 11.1 Å². The minimum atomic E-state index is -1.22. The Morgan fingerprint density at radius 2 is 0.712 bits per heavy atom. The molecule has 0 amide bonds. The van der Waals surface area contributed by atoms with Gasteiger partial charge in [-0.05, 0) is 0 Å². The molecule has 0 aliphatic carbocycles. The van der Waals surface area contributed by atoms with Crippen LogP contribution in [0.3, 0.4) is 0 Å². The molecule has 5 nitrogen and oxygen atoms in total. The zero-order valence-corrected chi connectivity index (χ0v) is 32.4. The first-order valence-corrected chi connectivity index (χ1v) is 15.2. The number of hydrogen-bond acceptors (Lipinski definition) is 1. The van der Waals surface area contributed by atoms with Crippen LogP contribution >= 0.6 is 0 Å². The number of nitroso groups, excluding NO2 is 1. The quantitative estimate of drug-likeness (QED) is 0.0988. The van der Waals surface area contributed by atoms with E-state index in [9.17, 15) is 0 Å². The summed E-state index contributed by atoms with van der Waals surface area (Å²) < 4.78 is 15.0. The molecule has 0 aliphatic heterocycles. The fraction of sp³-hybridized carbons (Fsp3) is 0.0465. The molecule has 0 unspecified atom stereocenters. The first-order valence-electron chi connectivity index (χ1n) is 15.2. The fourth-order valence-electron chi connectivity index (χ4n) is 5.38. The molecule has 7 aromatic carbocycles. The van der Waals surface area contributed by atoms with Crippen LogP contribution < -0.4 is 21.9 Å². The summed E-state index contributed by atoms with van der Waals surface area (Å²) in [5, 5.41) is 0. The molecular formula is C43H41BFe2MnN2O3-. The summed E-state index contributed by atoms with van der Waals surface area (Å²) in [5.74, 6) is 0. The Labute approximate surface area is 341 Å². The number of aryl methyl sites for hydroxylation is 2. The van der Waals surface area contributed by atoms with Crippen molar-refractivity contribution in [1.29, 1.82) is 0 Å². The van der Waals surface area contributed by atoms with Crippen LogP contribution in [0, 0.1) is 32.1 Å². The van der Waals surface area contributed by atoms with E-state index in [2.05, 4.69) is 173 Å². The first kappa shape index (κ1) is 54.4. The monoisotopic (exact) mass is 811 g/mol. The van der Waals surface area contributed by atoms with E-state index in [0.717, 1.165) is 0 Å². The van der Waals surface area contributed by atoms with Crippen molar-refractivity contribution < 1.29 is 60.5 Å². The van der Waals surface area contributed by atoms with Crippen molar-refractivity contribution in [3.05, 3.63) is 241 Å². The van der Waals surface area contributed by atoms with Crippen molar-refractivity contribution in [2.45, 2.75) is 13.8 Å². The molecule has 0 heterocycles. The van der Waals surface area contributed by atoms with Crippen LogP contribution in [-0.2, 0) is 60.5 Å². The van der Waals surface area contributed by atoms with Crippen LogP contribution in [0.4, 0.5) is 0 Å². The van der Waals surface area contributed by atoms with E-state index < -0.39 is 6.15 Å². The summed E-state index contributed by atoms with van der Waals surface area (Å²) >= 11 is 0. The standard InChI is InChI=1S/C24H20B.2C6H7.C5H5.2CO.2Fe.Mn.NO.H2N/c1-5-13-21(14-6-1)25(22-15-7-2-8-16-22,23-17-9-3-10-18-23)24-19-11-4-12-20-24;2*1-6-4-2-3-5-6;1-2-4-5-3-1;2*1-2;;;;1-2;/h1-20H;2*2-5H,1H3;1-5H;;;;;;;1H2/q4*-1;;;;+2;+3;2*-1. The van der Waals surface area contributed by atoms with Gasteiger partial charge in [-0.25, -0.2) is 36.4 Å². The van der Waals surface area contributed by atoms with Gasteiger partial charge in [0, 0.05) is 17.1 Å². The van der Waals surface area contributed by atoms with Crippen molar-refractivity contribution >= 4 is 28.0 Å². The van der Waals surface area contributed by atoms with Gasteiger partial charge in [0.1, 0.15) is 6.15 Å². The molecule has 268 valence electrons. The maximum absolute atomic E-state index is 7.50. The van der Waals surface area contributed by atoms with Crippen molar-refractivity contribution in [2.24, 2.45) is 0 Å². The molecule has 7 rings (SSSR count). The van der Waals surface area contributed by atoms with E-state index >= 15 is 0 Å². The Kier molecular flexibility index (Phi) is 36.6. The van der Waals surface area contributed by atoms with E-state index in [1.54, 1.807) is 0 Å². The molecular weight excluding hydrogens is 770 g/mol. The number of nitrogens with zero attached hydrogens (tertiary/aromatic N) is 1. The van der Waals surface area contributed by atoms with E-state index in [1.807, 2.05) is 54.6 Å². The Morgan fingerprint density at radius 1 is 0.462 bits per heavy atom. The number of benzene rings is 4. The maximum Gasteiger partial charge on any atom is 3.00 e. The zero-order chi connectivity index (χ0) is 35.3. The molecule has 0 atom stereocenters. The summed E-state index contributed by atoms with van der Waals surface area (Å²) in [4.78, 5) is 7.25. The third-order valence-electron chi connectivity index (χ3n) is 7.41. The molecule has 0 saturated heterocycles. The van der Waals surface area contributed by atoms with Crippen LogP contribution in [-0.4, -0.2) is 6.15 Å². The molecule has 52 heavy (non-hydrogen) atoms. The molecule has 7 aromatic rings. The van der Waals surface area contributed by atoms with Crippen molar-refractivity contribution in [3.8, 4) is 0 Å². The normalized spacial score (nSPS) is 8.35. The molecule has 0 spiro atoms. The topological polar surface area (TPSA) is 113 Å². The number of nitrogens with two attached hydrogens (primary N) is 1. The Morgan fingerprint density at radius 3 is 0.846 bits per heavy atom. The van der Waals surface area contributed by atoms with Gasteiger partial charge >= 0.3 is 56.7 Å². The van der Waals surface area contributed by atoms with Gasteiger partial charge in [-0.3, -0.25) is 0 Å². The van der Waals surface area contributed by atoms with Gasteiger partial charge in [-0.15, -0.1) is 0 Å². The molecule has 0 bridgehead atoms. The zero-order valence-electron chi connectivity index (χ0n) is 29.0. The second-order valence-electron chi connectivity index (χ2n) is 10.4. The second kappa shape index (κ2) is 35.0. The average Bonchev–Trinajstić information content (AvgIpc) is 4.01. The number of rotatable bonds is 4. The van der Waals surface area contributed by atoms with Crippen molar-refractivity contribution in [2.75, 3.05) is 0 Å². The van der Waals surface area contributed by atoms with Crippen LogP contribution in [0.25, 0.3) is 11.7 Å². The van der Waals surface area contributed by atoms with Gasteiger partial charge < -0.3 is 16.7 Å². The van der Waals surface area contributed by atoms with Gasteiger partial charge in [-0.1, -0.05) is 135 Å². The van der Waals surface area contributed by atoms with Crippen molar-refractivity contribution in [1.82, 2.24) is 0 Å². The van der Waals surface area contributed by atoms with Crippen LogP contribution in [0.2, 0.25) is 0 Å². The van der Waals surface area contributed by atoms with Crippen molar-refractivity contribution in [3.63, 3.8) is 0 Å². The van der Waals surface area contributed by atoms with E-state index in [-0.39, 0.29) is 57.4 Å². The Bertz CT molecular complexity index is 1520. The molecule has 0 radical (unpaired) electrons. The summed E-state index contributed by atoms with van der Waals surface area (Å²) in [6, 6.07) is 70.0. The van der Waals surface area contributed by atoms with Gasteiger partial charge in [0.05, 0.1) is 0 Å². The fourth-order valence-corrected chi connectivity index (χ4v) is 5.38. The molecule has 9 heteroatoms. The van der Waals surface area contributed by atoms with Crippen LogP contribution in [0.15, 0.2) is 200 Å². The van der Waals surface area contributed by atoms with E-state index in [1.165, 1.54) is 33.0 Å². The maximum atomic E-state index is 7.50.